The zero-order chi connectivity index (χ0) is 56.4. The zero-order valence-electron chi connectivity index (χ0n) is 46.9. The molecule has 84 heavy (non-hydrogen) atoms. The number of anilines is 2. The van der Waals surface area contributed by atoms with E-state index in [1.54, 1.807) is 55.1 Å². The first-order chi connectivity index (χ1) is 40.8. The van der Waals surface area contributed by atoms with Crippen LogP contribution in [0, 0.1) is 0 Å². The van der Waals surface area contributed by atoms with Crippen molar-refractivity contribution in [2.45, 2.75) is 79.1 Å². The Morgan fingerprint density at radius 3 is 0.726 bits per heavy atom. The lowest BCUT2D eigenvalue weighted by atomic mass is 9.72. The Bertz CT molecular complexity index is 5430. The lowest BCUT2D eigenvalue weighted by molar-refractivity contribution is 0.0877. The highest BCUT2D eigenvalue weighted by molar-refractivity contribution is 7.20. The number of para-hydroxylation sites is 2. The fraction of sp³-hybridized carbons (Fsp3) is 0.162. The summed E-state index contributed by atoms with van der Waals surface area (Å²) in [5.74, 6) is -0.892. The quantitative estimate of drug-likeness (QED) is 0.0944. The Kier molecular flexibility index (Phi) is 8.46. The summed E-state index contributed by atoms with van der Waals surface area (Å²) in [6.45, 7) is 17.2. The van der Waals surface area contributed by atoms with Crippen LogP contribution in [0.15, 0.2) is 106 Å². The van der Waals surface area contributed by atoms with E-state index in [0.29, 0.717) is 33.6 Å². The Hall–Kier alpha value is -8.38. The number of hydrogen-bond donors (Lipinski definition) is 0. The summed E-state index contributed by atoms with van der Waals surface area (Å²) in [6.07, 6.45) is 0. The summed E-state index contributed by atoms with van der Waals surface area (Å²) in [4.78, 5) is 67.5. The van der Waals surface area contributed by atoms with E-state index < -0.39 is 0 Å². The molecule has 0 atom stereocenters. The number of rotatable bonds is 6. The molecule has 4 amide bonds. The highest BCUT2D eigenvalue weighted by atomic mass is 32.1. The van der Waals surface area contributed by atoms with Gasteiger partial charge in [-0.15, -0.1) is 45.3 Å². The molecule has 400 valence electrons. The van der Waals surface area contributed by atoms with E-state index in [9.17, 15) is 0 Å². The molecule has 0 radical (unpaired) electrons. The van der Waals surface area contributed by atoms with Crippen LogP contribution in [0.1, 0.15) is 143 Å². The van der Waals surface area contributed by atoms with E-state index in [4.69, 9.17) is 0 Å². The van der Waals surface area contributed by atoms with Crippen molar-refractivity contribution >= 4 is 239 Å². The Balaban J connectivity index is 1.05. The van der Waals surface area contributed by atoms with Gasteiger partial charge in [0.05, 0.1) is 11.4 Å². The predicted molar refractivity (Wildman–Crippen MR) is 359 cm³/mol. The third-order valence-electron chi connectivity index (χ3n) is 20.1. The van der Waals surface area contributed by atoms with Gasteiger partial charge in [0, 0.05) is 181 Å². The summed E-state index contributed by atoms with van der Waals surface area (Å²) in [5, 5.41) is 37.1. The Labute approximate surface area is 494 Å². The number of thiophene rings is 4. The van der Waals surface area contributed by atoms with Gasteiger partial charge in [-0.3, -0.25) is 19.2 Å². The molecular formula is C74H46N2O4S4. The number of hydrogen-bond acceptors (Lipinski definition) is 8. The molecule has 0 saturated heterocycles. The number of fused-ring (bicyclic) bond motifs is 14. The topological polar surface area (TPSA) is 74.8 Å². The maximum atomic E-state index is 16.1. The van der Waals surface area contributed by atoms with E-state index in [-0.39, 0.29) is 47.3 Å². The van der Waals surface area contributed by atoms with Crippen LogP contribution in [0.3, 0.4) is 0 Å². The fourth-order valence-electron chi connectivity index (χ4n) is 17.0. The van der Waals surface area contributed by atoms with Crippen molar-refractivity contribution in [1.29, 1.82) is 0 Å². The SMILES string of the molecule is CC(C)c1cccc(C(C)C)c1N1C(=O)c2cc3c4sccc4c4c5c6ccsc6c6cc7c8c(cc9c%10sccc%10c%10c%11c%12ccsc%12c%12cc(c2c2c3c4c(c%11c%122)c2c5c6c8c9c%102)C1=O)C(=O)N(c1c(C(C)C)cccc1C(C)C)C7=O. The summed E-state index contributed by atoms with van der Waals surface area (Å²) in [7, 11) is 0. The molecule has 0 N–H and O–H groups in total. The smallest absolute Gasteiger partial charge is 0.266 e. The van der Waals surface area contributed by atoms with Crippen LogP contribution in [0.2, 0.25) is 0 Å². The maximum absolute atomic E-state index is 16.1. The average molecular weight is 1160 g/mol. The molecule has 10 heteroatoms. The lowest BCUT2D eigenvalue weighted by Crippen LogP contribution is -2.42. The first kappa shape index (κ1) is 47.0. The lowest BCUT2D eigenvalue weighted by Gasteiger charge is -2.35. The second-order valence-electron chi connectivity index (χ2n) is 25.4. The van der Waals surface area contributed by atoms with Gasteiger partial charge < -0.3 is 0 Å². The first-order valence-electron chi connectivity index (χ1n) is 29.2. The first-order valence-corrected chi connectivity index (χ1v) is 32.7. The molecule has 0 bridgehead atoms. The van der Waals surface area contributed by atoms with Crippen molar-refractivity contribution in [2.24, 2.45) is 0 Å². The number of amides is 4. The van der Waals surface area contributed by atoms with Crippen LogP contribution in [-0.4, -0.2) is 23.6 Å². The van der Waals surface area contributed by atoms with Crippen LogP contribution in [0.4, 0.5) is 11.4 Å². The fourth-order valence-corrected chi connectivity index (χ4v) is 20.7. The van der Waals surface area contributed by atoms with E-state index >= 15 is 19.2 Å². The molecule has 0 spiro atoms. The largest absolute Gasteiger partial charge is 0.268 e. The number of benzene rings is 14. The molecule has 6 nitrogen and oxygen atoms in total. The zero-order valence-corrected chi connectivity index (χ0v) is 50.1. The van der Waals surface area contributed by atoms with Crippen LogP contribution < -0.4 is 9.80 Å². The molecule has 14 aromatic carbocycles. The van der Waals surface area contributed by atoms with Crippen molar-refractivity contribution in [3.8, 4) is 0 Å². The molecule has 0 fully saturated rings. The minimum absolute atomic E-state index is 0.0592. The molecule has 18 aromatic rings. The van der Waals surface area contributed by atoms with E-state index in [1.165, 1.54) is 32.3 Å². The highest BCUT2D eigenvalue weighted by Gasteiger charge is 2.44. The Morgan fingerprint density at radius 1 is 0.274 bits per heavy atom. The van der Waals surface area contributed by atoms with Gasteiger partial charge in [0.25, 0.3) is 23.6 Å². The van der Waals surface area contributed by atoms with Gasteiger partial charge in [-0.1, -0.05) is 91.8 Å². The van der Waals surface area contributed by atoms with Gasteiger partial charge in [0.15, 0.2) is 0 Å². The van der Waals surface area contributed by atoms with Crippen LogP contribution in [-0.2, 0) is 0 Å². The van der Waals surface area contributed by atoms with Gasteiger partial charge in [-0.25, -0.2) is 9.80 Å². The van der Waals surface area contributed by atoms with Crippen molar-refractivity contribution in [2.75, 3.05) is 9.80 Å². The molecule has 2 aliphatic heterocycles. The van der Waals surface area contributed by atoms with E-state index in [1.807, 2.05) is 0 Å². The summed E-state index contributed by atoms with van der Waals surface area (Å²) < 4.78 is 4.42. The summed E-state index contributed by atoms with van der Waals surface area (Å²) >= 11 is 6.87. The third-order valence-corrected chi connectivity index (χ3v) is 23.9. The van der Waals surface area contributed by atoms with Crippen molar-refractivity contribution in [3.63, 3.8) is 0 Å². The number of carbonyl (C=O) groups excluding carboxylic acids is 4. The molecule has 6 heterocycles. The third kappa shape index (κ3) is 4.97. The number of carbonyl (C=O) groups is 4. The van der Waals surface area contributed by atoms with Crippen LogP contribution in [0.25, 0.3) is 159 Å². The van der Waals surface area contributed by atoms with Crippen LogP contribution in [0.5, 0.6) is 0 Å². The van der Waals surface area contributed by atoms with Crippen molar-refractivity contribution in [1.82, 2.24) is 0 Å². The normalized spacial score (nSPS) is 14.9. The van der Waals surface area contributed by atoms with Crippen LogP contribution >= 0.6 is 45.3 Å². The monoisotopic (exact) mass is 1150 g/mol. The highest BCUT2D eigenvalue weighted by Crippen LogP contribution is 2.65. The predicted octanol–water partition coefficient (Wildman–Crippen LogP) is 22.0. The van der Waals surface area contributed by atoms with Gasteiger partial charge in [0.2, 0.25) is 0 Å². The number of nitrogens with zero attached hydrogens (tertiary/aromatic N) is 2. The van der Waals surface area contributed by atoms with Gasteiger partial charge >= 0.3 is 0 Å². The molecule has 0 saturated carbocycles. The standard InChI is InChI=1S/C74H46N2O4S4/c1-27(2)31-11-9-12-32(28(3)4)65(31)75-71(77)43-23-39-53-57-47(43)44(72(75)78)24-40-54(57)60-50(36-16-20-82-68(36)40)52-38-18-22-84-70(38)42-26-46-48-45(73(79)76(74(46)80)66-33(29(5)6)13-10-14-34(66)30(7)8)25-41-55-58(48)56(42)62(52)64-61(55)51(37-17-21-83-69(37)41)49(59(53)63(60)64)35-15-19-81-67(35)39/h9-30H,1-8H3. The minimum atomic E-state index is -0.282. The molecule has 4 aromatic heterocycles. The molecule has 2 aliphatic rings. The minimum Gasteiger partial charge on any atom is -0.268 e. The summed E-state index contributed by atoms with van der Waals surface area (Å²) in [5.41, 5.74) is 7.58. The maximum Gasteiger partial charge on any atom is 0.266 e. The second-order valence-corrected chi connectivity index (χ2v) is 29.0. The summed E-state index contributed by atoms with van der Waals surface area (Å²) in [6, 6.07) is 30.3. The van der Waals surface area contributed by atoms with E-state index in [0.717, 1.165) is 149 Å². The molecular weight excluding hydrogens is 1110 g/mol. The second kappa shape index (κ2) is 15.1. The van der Waals surface area contributed by atoms with Crippen molar-refractivity contribution < 1.29 is 19.2 Å². The average Bonchev–Trinajstić information content (AvgIpc) is 0.873. The molecule has 0 unspecified atom stereocenters. The van der Waals surface area contributed by atoms with Gasteiger partial charge in [0.1, 0.15) is 0 Å². The molecule has 20 rings (SSSR count). The number of imide groups is 2. The van der Waals surface area contributed by atoms with Gasteiger partial charge in [-0.2, -0.15) is 0 Å². The molecule has 0 aliphatic carbocycles. The van der Waals surface area contributed by atoms with Gasteiger partial charge in [-0.05, 0) is 116 Å². The van der Waals surface area contributed by atoms with Crippen molar-refractivity contribution in [3.05, 3.63) is 151 Å². The Morgan fingerprint density at radius 2 is 0.488 bits per heavy atom. The van der Waals surface area contributed by atoms with E-state index in [2.05, 4.69) is 162 Å².